The lowest BCUT2D eigenvalue weighted by Gasteiger charge is -2.10. The first-order valence-corrected chi connectivity index (χ1v) is 4.37. The molecule has 3 heteroatoms. The second kappa shape index (κ2) is 2.83. The van der Waals surface area contributed by atoms with E-state index in [2.05, 4.69) is 11.1 Å². The van der Waals surface area contributed by atoms with Gasteiger partial charge in [-0.3, -0.25) is 9.78 Å². The lowest BCUT2D eigenvalue weighted by Crippen LogP contribution is -2.21. The molecule has 13 heavy (non-hydrogen) atoms. The molecule has 0 aliphatic carbocycles. The van der Waals surface area contributed by atoms with Gasteiger partial charge in [0.05, 0.1) is 0 Å². The van der Waals surface area contributed by atoms with Crippen molar-refractivity contribution in [1.82, 2.24) is 9.88 Å². The second-order valence-corrected chi connectivity index (χ2v) is 3.47. The minimum absolute atomic E-state index is 0.133. The molecule has 2 rings (SSSR count). The van der Waals surface area contributed by atoms with Gasteiger partial charge >= 0.3 is 0 Å². The van der Waals surface area contributed by atoms with Crippen molar-refractivity contribution in [1.29, 1.82) is 0 Å². The van der Waals surface area contributed by atoms with Crippen LogP contribution in [0.15, 0.2) is 12.3 Å². The van der Waals surface area contributed by atoms with Gasteiger partial charge in [0.25, 0.3) is 0 Å². The Hall–Kier alpha value is -1.38. The monoisotopic (exact) mass is 176 g/mol. The molecule has 0 radical (unpaired) electrons. The highest BCUT2D eigenvalue weighted by Gasteiger charge is 2.20. The summed E-state index contributed by atoms with van der Waals surface area (Å²) < 4.78 is 0. The second-order valence-electron chi connectivity index (χ2n) is 3.47. The van der Waals surface area contributed by atoms with Crippen molar-refractivity contribution in [3.8, 4) is 0 Å². The largest absolute Gasteiger partial charge is 0.334 e. The molecule has 1 aliphatic heterocycles. The number of aryl methyl sites for hydroxylation is 1. The third-order valence-electron chi connectivity index (χ3n) is 2.39. The van der Waals surface area contributed by atoms with Crippen LogP contribution in [0.2, 0.25) is 0 Å². The molecular weight excluding hydrogens is 164 g/mol. The van der Waals surface area contributed by atoms with Crippen molar-refractivity contribution >= 4 is 5.91 Å². The highest BCUT2D eigenvalue weighted by Crippen LogP contribution is 2.22. The van der Waals surface area contributed by atoms with Crippen molar-refractivity contribution in [2.45, 2.75) is 26.9 Å². The van der Waals surface area contributed by atoms with E-state index in [4.69, 9.17) is 0 Å². The van der Waals surface area contributed by atoms with Crippen LogP contribution in [0.25, 0.3) is 0 Å². The summed E-state index contributed by atoms with van der Waals surface area (Å²) in [7, 11) is 0. The summed E-state index contributed by atoms with van der Waals surface area (Å²) in [5, 5.41) is 0. The number of hydrogen-bond acceptors (Lipinski definition) is 2. The van der Waals surface area contributed by atoms with Gasteiger partial charge in [-0.2, -0.15) is 0 Å². The summed E-state index contributed by atoms with van der Waals surface area (Å²) in [6, 6.07) is 2.05. The highest BCUT2D eigenvalue weighted by molar-refractivity contribution is 5.74. The third kappa shape index (κ3) is 1.41. The summed E-state index contributed by atoms with van der Waals surface area (Å²) in [5.74, 6) is 0.133. The van der Waals surface area contributed by atoms with Crippen LogP contribution in [-0.2, 0) is 17.9 Å². The number of hydrogen-bond donors (Lipinski definition) is 0. The predicted octanol–water partition coefficient (Wildman–Crippen LogP) is 1.25. The number of amides is 1. The van der Waals surface area contributed by atoms with Crippen LogP contribution in [0.3, 0.4) is 0 Å². The summed E-state index contributed by atoms with van der Waals surface area (Å²) >= 11 is 0. The summed E-state index contributed by atoms with van der Waals surface area (Å²) in [6.45, 7) is 5.04. The van der Waals surface area contributed by atoms with Crippen molar-refractivity contribution in [2.24, 2.45) is 0 Å². The van der Waals surface area contributed by atoms with Crippen LogP contribution in [0.5, 0.6) is 0 Å². The van der Waals surface area contributed by atoms with E-state index < -0.39 is 0 Å². The standard InChI is InChI=1S/C10H12N2O/c1-7-3-9-5-12(8(2)13)6-10(9)4-11-7/h3-4H,5-6H2,1-2H3. The molecular formula is C10H12N2O. The van der Waals surface area contributed by atoms with Crippen LogP contribution in [-0.4, -0.2) is 15.8 Å². The Bertz CT molecular complexity index is 360. The van der Waals surface area contributed by atoms with Crippen LogP contribution < -0.4 is 0 Å². The SMILES string of the molecule is CC(=O)N1Cc2cnc(C)cc2C1. The van der Waals surface area contributed by atoms with E-state index in [1.807, 2.05) is 18.0 Å². The molecule has 0 fully saturated rings. The number of pyridine rings is 1. The molecule has 1 aliphatic rings. The number of carbonyl (C=O) groups is 1. The van der Waals surface area contributed by atoms with Gasteiger partial charge in [-0.25, -0.2) is 0 Å². The van der Waals surface area contributed by atoms with E-state index in [0.717, 1.165) is 18.8 Å². The molecule has 3 nitrogen and oxygen atoms in total. The first-order valence-electron chi connectivity index (χ1n) is 4.37. The van der Waals surface area contributed by atoms with Gasteiger partial charge in [-0.15, -0.1) is 0 Å². The smallest absolute Gasteiger partial charge is 0.220 e. The Kier molecular flexibility index (Phi) is 1.79. The molecule has 0 atom stereocenters. The lowest BCUT2D eigenvalue weighted by molar-refractivity contribution is -0.129. The fourth-order valence-electron chi connectivity index (χ4n) is 1.62. The minimum Gasteiger partial charge on any atom is -0.334 e. The van der Waals surface area contributed by atoms with Crippen LogP contribution in [0, 0.1) is 6.92 Å². The first-order chi connectivity index (χ1) is 6.16. The maximum Gasteiger partial charge on any atom is 0.220 e. The Labute approximate surface area is 77.4 Å². The van der Waals surface area contributed by atoms with Crippen molar-refractivity contribution in [2.75, 3.05) is 0 Å². The molecule has 0 saturated heterocycles. The van der Waals surface area contributed by atoms with Gasteiger partial charge in [0.15, 0.2) is 0 Å². The van der Waals surface area contributed by atoms with Gasteiger partial charge in [-0.05, 0) is 24.1 Å². The van der Waals surface area contributed by atoms with Gasteiger partial charge in [0.1, 0.15) is 0 Å². The van der Waals surface area contributed by atoms with Crippen molar-refractivity contribution < 1.29 is 4.79 Å². The van der Waals surface area contributed by atoms with Crippen LogP contribution >= 0.6 is 0 Å². The van der Waals surface area contributed by atoms with Crippen LogP contribution in [0.4, 0.5) is 0 Å². The first kappa shape index (κ1) is 8.23. The molecule has 1 amide bonds. The maximum atomic E-state index is 11.1. The fourth-order valence-corrected chi connectivity index (χ4v) is 1.62. The average Bonchev–Trinajstić information content (AvgIpc) is 2.46. The quantitative estimate of drug-likeness (QED) is 0.596. The third-order valence-corrected chi connectivity index (χ3v) is 2.39. The van der Waals surface area contributed by atoms with E-state index >= 15 is 0 Å². The highest BCUT2D eigenvalue weighted by atomic mass is 16.2. The zero-order chi connectivity index (χ0) is 9.42. The average molecular weight is 176 g/mol. The zero-order valence-electron chi connectivity index (χ0n) is 7.87. The molecule has 0 spiro atoms. The number of aromatic nitrogens is 1. The number of nitrogens with zero attached hydrogens (tertiary/aromatic N) is 2. The van der Waals surface area contributed by atoms with Crippen molar-refractivity contribution in [3.63, 3.8) is 0 Å². The molecule has 0 saturated carbocycles. The molecule has 0 aromatic carbocycles. The number of carbonyl (C=O) groups excluding carboxylic acids is 1. The van der Waals surface area contributed by atoms with Gasteiger partial charge in [0, 0.05) is 31.9 Å². The summed E-state index contributed by atoms with van der Waals surface area (Å²) in [5.41, 5.74) is 3.44. The molecule has 0 unspecified atom stereocenters. The lowest BCUT2D eigenvalue weighted by atomic mass is 10.2. The predicted molar refractivity (Wildman–Crippen MR) is 48.9 cm³/mol. The fraction of sp³-hybridized carbons (Fsp3) is 0.400. The maximum absolute atomic E-state index is 11.1. The van der Waals surface area contributed by atoms with Gasteiger partial charge in [0.2, 0.25) is 5.91 Å². The van der Waals surface area contributed by atoms with E-state index in [1.54, 1.807) is 6.92 Å². The Balaban J connectivity index is 2.30. The molecule has 0 bridgehead atoms. The Morgan fingerprint density at radius 1 is 1.46 bits per heavy atom. The minimum atomic E-state index is 0.133. The van der Waals surface area contributed by atoms with E-state index in [1.165, 1.54) is 11.1 Å². The number of fused-ring (bicyclic) bond motifs is 1. The molecule has 0 N–H and O–H groups in total. The topological polar surface area (TPSA) is 33.2 Å². The molecule has 68 valence electrons. The van der Waals surface area contributed by atoms with E-state index in [9.17, 15) is 4.79 Å². The molecule has 2 heterocycles. The molecule has 1 aromatic heterocycles. The van der Waals surface area contributed by atoms with E-state index in [0.29, 0.717) is 0 Å². The van der Waals surface area contributed by atoms with Crippen LogP contribution in [0.1, 0.15) is 23.7 Å². The number of rotatable bonds is 0. The van der Waals surface area contributed by atoms with Gasteiger partial charge < -0.3 is 4.90 Å². The summed E-state index contributed by atoms with van der Waals surface area (Å²) in [4.78, 5) is 17.1. The Morgan fingerprint density at radius 3 is 2.85 bits per heavy atom. The Morgan fingerprint density at radius 2 is 2.15 bits per heavy atom. The van der Waals surface area contributed by atoms with Crippen molar-refractivity contribution in [3.05, 3.63) is 29.1 Å². The van der Waals surface area contributed by atoms with E-state index in [-0.39, 0.29) is 5.91 Å². The van der Waals surface area contributed by atoms with Gasteiger partial charge in [-0.1, -0.05) is 0 Å². The summed E-state index contributed by atoms with van der Waals surface area (Å²) in [6.07, 6.45) is 1.87. The zero-order valence-corrected chi connectivity index (χ0v) is 7.87. The molecule has 1 aromatic rings. The normalized spacial score (nSPS) is 14.5.